The van der Waals surface area contributed by atoms with Crippen molar-refractivity contribution in [2.75, 3.05) is 5.32 Å². The molecule has 3 rings (SSSR count). The Morgan fingerprint density at radius 2 is 2.00 bits per heavy atom. The number of thiophene rings is 1. The van der Waals surface area contributed by atoms with E-state index >= 15 is 0 Å². The summed E-state index contributed by atoms with van der Waals surface area (Å²) in [5.41, 5.74) is 7.42. The number of nitrogens with zero attached hydrogens (tertiary/aromatic N) is 1. The lowest BCUT2D eigenvalue weighted by Crippen LogP contribution is -2.16. The van der Waals surface area contributed by atoms with Crippen LogP contribution in [0.1, 0.15) is 45.6 Å². The topological polar surface area (TPSA) is 115 Å². The van der Waals surface area contributed by atoms with E-state index in [1.807, 2.05) is 0 Å². The maximum atomic E-state index is 12.3. The van der Waals surface area contributed by atoms with Gasteiger partial charge in [-0.2, -0.15) is 0 Å². The van der Waals surface area contributed by atoms with Crippen LogP contribution in [0.4, 0.5) is 10.7 Å². The van der Waals surface area contributed by atoms with Gasteiger partial charge in [0.2, 0.25) is 5.91 Å². The van der Waals surface area contributed by atoms with Gasteiger partial charge in [-0.3, -0.25) is 19.7 Å². The molecule has 0 atom stereocenters. The molecule has 1 heterocycles. The fraction of sp³-hybridized carbons (Fsp3) is 0.263. The first kappa shape index (κ1) is 18.8. The number of amides is 2. The van der Waals surface area contributed by atoms with E-state index in [9.17, 15) is 19.7 Å². The second-order valence-corrected chi connectivity index (χ2v) is 7.41. The summed E-state index contributed by atoms with van der Waals surface area (Å²) < 4.78 is 0. The van der Waals surface area contributed by atoms with Crippen LogP contribution in [0.25, 0.3) is 6.08 Å². The van der Waals surface area contributed by atoms with E-state index in [1.165, 1.54) is 35.6 Å². The number of carbonyl (C=O) groups excluding carboxylic acids is 2. The Bertz CT molecular complexity index is 933. The van der Waals surface area contributed by atoms with Crippen molar-refractivity contribution in [3.05, 3.63) is 62.0 Å². The van der Waals surface area contributed by atoms with Gasteiger partial charge in [-0.25, -0.2) is 0 Å². The second kappa shape index (κ2) is 8.13. The average Bonchev–Trinajstić information content (AvgIpc) is 2.81. The summed E-state index contributed by atoms with van der Waals surface area (Å²) in [6.45, 7) is 0. The third-order valence-electron chi connectivity index (χ3n) is 4.41. The number of rotatable bonds is 5. The Balaban J connectivity index is 1.79. The minimum absolute atomic E-state index is 0.0458. The van der Waals surface area contributed by atoms with Gasteiger partial charge in [-0.1, -0.05) is 18.6 Å². The molecule has 0 radical (unpaired) electrons. The van der Waals surface area contributed by atoms with Gasteiger partial charge in [-0.05, 0) is 42.9 Å². The first-order chi connectivity index (χ1) is 13.0. The number of benzene rings is 1. The molecule has 1 aromatic heterocycles. The number of nitro groups is 1. The van der Waals surface area contributed by atoms with Crippen LogP contribution < -0.4 is 11.1 Å². The summed E-state index contributed by atoms with van der Waals surface area (Å²) in [5.74, 6) is -0.951. The number of nitro benzene ring substituents is 1. The molecule has 0 bridgehead atoms. The van der Waals surface area contributed by atoms with Crippen LogP contribution in [-0.2, 0) is 17.6 Å². The number of aryl methyl sites for hydroxylation is 1. The molecule has 140 valence electrons. The smallest absolute Gasteiger partial charge is 0.270 e. The molecule has 0 saturated heterocycles. The minimum atomic E-state index is -0.535. The van der Waals surface area contributed by atoms with Gasteiger partial charge in [-0.15, -0.1) is 11.3 Å². The van der Waals surface area contributed by atoms with Gasteiger partial charge in [0.05, 0.1) is 10.5 Å². The van der Waals surface area contributed by atoms with Crippen molar-refractivity contribution in [1.29, 1.82) is 0 Å². The monoisotopic (exact) mass is 385 g/mol. The van der Waals surface area contributed by atoms with Crippen molar-refractivity contribution in [3.63, 3.8) is 0 Å². The Morgan fingerprint density at radius 1 is 1.22 bits per heavy atom. The van der Waals surface area contributed by atoms with Gasteiger partial charge in [0.15, 0.2) is 0 Å². The van der Waals surface area contributed by atoms with Crippen molar-refractivity contribution in [2.24, 2.45) is 5.73 Å². The van der Waals surface area contributed by atoms with Crippen molar-refractivity contribution in [1.82, 2.24) is 0 Å². The lowest BCUT2D eigenvalue weighted by Gasteiger charge is -2.04. The number of nitrogens with two attached hydrogens (primary N) is 1. The zero-order chi connectivity index (χ0) is 19.4. The predicted molar refractivity (Wildman–Crippen MR) is 105 cm³/mol. The molecule has 0 saturated carbocycles. The van der Waals surface area contributed by atoms with Crippen LogP contribution in [0.15, 0.2) is 30.3 Å². The fourth-order valence-electron chi connectivity index (χ4n) is 3.16. The number of primary amides is 1. The third kappa shape index (κ3) is 4.40. The van der Waals surface area contributed by atoms with Crippen LogP contribution in [0.3, 0.4) is 0 Å². The summed E-state index contributed by atoms with van der Waals surface area (Å²) in [6.07, 6.45) is 7.64. The zero-order valence-corrected chi connectivity index (χ0v) is 15.4. The van der Waals surface area contributed by atoms with Gasteiger partial charge >= 0.3 is 0 Å². The maximum absolute atomic E-state index is 12.3. The minimum Gasteiger partial charge on any atom is -0.365 e. The first-order valence-electron chi connectivity index (χ1n) is 8.63. The molecule has 27 heavy (non-hydrogen) atoms. The maximum Gasteiger partial charge on any atom is 0.270 e. The van der Waals surface area contributed by atoms with Crippen molar-refractivity contribution < 1.29 is 14.5 Å². The first-order valence-corrected chi connectivity index (χ1v) is 9.45. The van der Waals surface area contributed by atoms with Crippen LogP contribution in [0.5, 0.6) is 0 Å². The van der Waals surface area contributed by atoms with Crippen LogP contribution in [0, 0.1) is 10.1 Å². The van der Waals surface area contributed by atoms with E-state index in [0.717, 1.165) is 42.5 Å². The standard InChI is InChI=1S/C19H19N3O4S/c20-18(24)17-14-7-2-1-3-8-15(14)27-19(17)21-16(23)10-9-12-5-4-6-13(11-12)22(25)26/h4-6,9-11H,1-3,7-8H2,(H2,20,24)(H,21,23)/b10-9-. The number of hydrogen-bond donors (Lipinski definition) is 2. The summed E-state index contributed by atoms with van der Waals surface area (Å²) in [6, 6.07) is 5.98. The van der Waals surface area contributed by atoms with E-state index in [2.05, 4.69) is 5.32 Å². The van der Waals surface area contributed by atoms with Crippen molar-refractivity contribution in [3.8, 4) is 0 Å². The van der Waals surface area contributed by atoms with E-state index in [0.29, 0.717) is 16.1 Å². The average molecular weight is 385 g/mol. The van der Waals surface area contributed by atoms with Gasteiger partial charge in [0, 0.05) is 23.1 Å². The summed E-state index contributed by atoms with van der Waals surface area (Å²) >= 11 is 1.40. The molecular weight excluding hydrogens is 366 g/mol. The molecule has 1 aromatic carbocycles. The Hall–Kier alpha value is -3.00. The van der Waals surface area contributed by atoms with E-state index < -0.39 is 16.7 Å². The van der Waals surface area contributed by atoms with Gasteiger partial charge in [0.1, 0.15) is 5.00 Å². The van der Waals surface area contributed by atoms with Gasteiger partial charge < -0.3 is 11.1 Å². The highest BCUT2D eigenvalue weighted by atomic mass is 32.1. The highest BCUT2D eigenvalue weighted by Crippen LogP contribution is 2.37. The predicted octanol–water partition coefficient (Wildman–Crippen LogP) is 3.68. The molecule has 3 N–H and O–H groups in total. The lowest BCUT2D eigenvalue weighted by molar-refractivity contribution is -0.384. The van der Waals surface area contributed by atoms with E-state index in [1.54, 1.807) is 12.1 Å². The van der Waals surface area contributed by atoms with E-state index in [-0.39, 0.29) is 5.69 Å². The highest BCUT2D eigenvalue weighted by Gasteiger charge is 2.23. The molecule has 1 aliphatic carbocycles. The number of hydrogen-bond acceptors (Lipinski definition) is 5. The number of non-ortho nitro benzene ring substituents is 1. The quantitative estimate of drug-likeness (QED) is 0.353. The molecule has 0 unspecified atom stereocenters. The molecule has 2 amide bonds. The summed E-state index contributed by atoms with van der Waals surface area (Å²) in [4.78, 5) is 35.6. The zero-order valence-electron chi connectivity index (χ0n) is 14.6. The largest absolute Gasteiger partial charge is 0.365 e. The SMILES string of the molecule is NC(=O)c1c(NC(=O)/C=C\c2cccc([N+](=O)[O-])c2)sc2c1CCCCC2. The molecule has 0 fully saturated rings. The fourth-order valence-corrected chi connectivity index (χ4v) is 4.46. The van der Waals surface area contributed by atoms with E-state index in [4.69, 9.17) is 5.73 Å². The number of carbonyl (C=O) groups is 2. The Morgan fingerprint density at radius 3 is 2.74 bits per heavy atom. The third-order valence-corrected chi connectivity index (χ3v) is 5.62. The number of nitrogens with one attached hydrogen (secondary N) is 1. The summed E-state index contributed by atoms with van der Waals surface area (Å²) in [7, 11) is 0. The van der Waals surface area contributed by atoms with Gasteiger partial charge in [0.25, 0.3) is 11.6 Å². The van der Waals surface area contributed by atoms with Crippen LogP contribution >= 0.6 is 11.3 Å². The molecule has 2 aromatic rings. The Labute approximate surface area is 160 Å². The molecule has 0 spiro atoms. The van der Waals surface area contributed by atoms with Crippen LogP contribution in [0.2, 0.25) is 0 Å². The number of fused-ring (bicyclic) bond motifs is 1. The molecule has 8 heteroatoms. The van der Waals surface area contributed by atoms with Crippen molar-refractivity contribution >= 4 is 39.9 Å². The highest BCUT2D eigenvalue weighted by molar-refractivity contribution is 7.17. The number of anilines is 1. The normalized spacial score (nSPS) is 13.8. The van der Waals surface area contributed by atoms with Crippen LogP contribution in [-0.4, -0.2) is 16.7 Å². The molecule has 1 aliphatic rings. The second-order valence-electron chi connectivity index (χ2n) is 6.31. The summed E-state index contributed by atoms with van der Waals surface area (Å²) in [5, 5.41) is 14.0. The molecular formula is C19H19N3O4S. The lowest BCUT2D eigenvalue weighted by atomic mass is 10.1. The Kier molecular flexibility index (Phi) is 5.66. The van der Waals surface area contributed by atoms with Crippen molar-refractivity contribution in [2.45, 2.75) is 32.1 Å². The molecule has 0 aliphatic heterocycles. The molecule has 7 nitrogen and oxygen atoms in total.